The van der Waals surface area contributed by atoms with Crippen LogP contribution in [-0.4, -0.2) is 164 Å². The van der Waals surface area contributed by atoms with Crippen LogP contribution in [0.2, 0.25) is 0 Å². The first-order valence-electron chi connectivity index (χ1n) is 15.9. The van der Waals surface area contributed by atoms with E-state index < -0.39 is 80.4 Å². The van der Waals surface area contributed by atoms with Crippen LogP contribution in [-0.2, 0) is 33.3 Å². The fourth-order valence-electron chi connectivity index (χ4n) is 5.06. The van der Waals surface area contributed by atoms with Gasteiger partial charge < -0.3 is 75.5 Å². The fourth-order valence-corrected chi connectivity index (χ4v) is 5.06. The Balaban J connectivity index is 1.53. The largest absolute Gasteiger partial charge is 0.394 e. The number of carbonyl (C=O) groups is 3. The molecule has 0 aromatic heterocycles. The lowest BCUT2D eigenvalue weighted by Gasteiger charge is -2.44. The second-order valence-corrected chi connectivity index (χ2v) is 11.8. The molecule has 0 aromatic rings. The summed E-state index contributed by atoms with van der Waals surface area (Å²) in [6.07, 6.45) is -10.1. The number of ketones is 1. The number of nitrogens with one attached hydrogen (secondary N) is 2. The molecule has 2 amide bonds. The van der Waals surface area contributed by atoms with Crippen molar-refractivity contribution in [2.75, 3.05) is 33.0 Å². The second kappa shape index (κ2) is 20.6. The smallest absolute Gasteiger partial charge is 0.221 e. The van der Waals surface area contributed by atoms with Crippen LogP contribution in [0.4, 0.5) is 0 Å². The minimum Gasteiger partial charge on any atom is -0.394 e. The lowest BCUT2D eigenvalue weighted by atomic mass is 9.95. The third-order valence-electron chi connectivity index (χ3n) is 8.05. The van der Waals surface area contributed by atoms with Gasteiger partial charge in [0.15, 0.2) is 18.4 Å². The molecule has 0 saturated carbocycles. The van der Waals surface area contributed by atoms with Crippen molar-refractivity contribution in [1.29, 1.82) is 0 Å². The van der Waals surface area contributed by atoms with Gasteiger partial charge in [-0.25, -0.2) is 0 Å². The van der Waals surface area contributed by atoms with E-state index in [4.69, 9.17) is 18.9 Å². The van der Waals surface area contributed by atoms with E-state index in [1.54, 1.807) is 0 Å². The van der Waals surface area contributed by atoms with Gasteiger partial charge in [0.1, 0.15) is 42.7 Å². The molecule has 0 spiro atoms. The molecule has 2 aliphatic rings. The number of hydrogen-bond donors (Lipinski definition) is 11. The Hall–Kier alpha value is -1.91. The first-order chi connectivity index (χ1) is 22.2. The van der Waals surface area contributed by atoms with Gasteiger partial charge in [0, 0.05) is 32.6 Å². The summed E-state index contributed by atoms with van der Waals surface area (Å²) in [6, 6.07) is -0.682. The monoisotopic (exact) mass is 684 g/mol. The van der Waals surface area contributed by atoms with E-state index >= 15 is 0 Å². The van der Waals surface area contributed by atoms with Crippen LogP contribution >= 0.6 is 0 Å². The number of Topliss-reactive ketones (excluding diaryl/α,β-unsaturated/α-hetero) is 1. The molecule has 0 aliphatic carbocycles. The molecular weight excluding hydrogens is 632 g/mol. The van der Waals surface area contributed by atoms with E-state index in [0.717, 1.165) is 0 Å². The molecule has 10 unspecified atom stereocenters. The fraction of sp³-hybridized carbons (Fsp3) is 0.897. The zero-order valence-electron chi connectivity index (χ0n) is 26.6. The predicted octanol–water partition coefficient (Wildman–Crippen LogP) is -4.36. The topological polar surface area (TPSA) is 294 Å². The molecule has 2 fully saturated rings. The van der Waals surface area contributed by atoms with Gasteiger partial charge in [0.2, 0.25) is 17.6 Å². The zero-order valence-corrected chi connectivity index (χ0v) is 26.6. The number of carbonyl (C=O) groups excluding carboxylic acids is 3. The molecule has 274 valence electrons. The van der Waals surface area contributed by atoms with Gasteiger partial charge in [-0.05, 0) is 51.9 Å². The minimum absolute atomic E-state index is 0.00150. The molecule has 2 rings (SSSR count). The van der Waals surface area contributed by atoms with E-state index in [-0.39, 0.29) is 43.7 Å². The number of rotatable bonds is 21. The highest BCUT2D eigenvalue weighted by Crippen LogP contribution is 2.28. The molecule has 2 aliphatic heterocycles. The second-order valence-electron chi connectivity index (χ2n) is 11.8. The third kappa shape index (κ3) is 12.8. The SMILES string of the molecule is CC(=O)C(CCCCNC(=O)CCCCOC1OC(CO)C(O)C(O)C1O)NC(=O)CCCCOC1OC(CO)C(O)(O)C(O)C1O. The third-order valence-corrected chi connectivity index (χ3v) is 8.05. The Bertz CT molecular complexity index is 951. The Morgan fingerprint density at radius 1 is 0.745 bits per heavy atom. The van der Waals surface area contributed by atoms with Gasteiger partial charge >= 0.3 is 0 Å². The first-order valence-corrected chi connectivity index (χ1v) is 15.9. The van der Waals surface area contributed by atoms with Crippen LogP contribution in [0.3, 0.4) is 0 Å². The van der Waals surface area contributed by atoms with Crippen LogP contribution in [0.5, 0.6) is 0 Å². The van der Waals surface area contributed by atoms with Gasteiger partial charge in [-0.1, -0.05) is 0 Å². The van der Waals surface area contributed by atoms with Gasteiger partial charge in [-0.2, -0.15) is 0 Å². The maximum absolute atomic E-state index is 12.4. The van der Waals surface area contributed by atoms with E-state index in [9.17, 15) is 60.3 Å². The van der Waals surface area contributed by atoms with Crippen LogP contribution in [0.1, 0.15) is 64.7 Å². The highest BCUT2D eigenvalue weighted by Gasteiger charge is 2.54. The number of amides is 2. The summed E-state index contributed by atoms with van der Waals surface area (Å²) in [7, 11) is 0. The van der Waals surface area contributed by atoms with Crippen molar-refractivity contribution in [1.82, 2.24) is 10.6 Å². The highest BCUT2D eigenvalue weighted by molar-refractivity contribution is 5.87. The predicted molar refractivity (Wildman–Crippen MR) is 158 cm³/mol. The molecule has 2 saturated heterocycles. The van der Waals surface area contributed by atoms with Crippen molar-refractivity contribution in [3.8, 4) is 0 Å². The van der Waals surface area contributed by atoms with E-state index in [2.05, 4.69) is 10.6 Å². The van der Waals surface area contributed by atoms with Crippen LogP contribution in [0.25, 0.3) is 0 Å². The summed E-state index contributed by atoms with van der Waals surface area (Å²) < 4.78 is 21.1. The van der Waals surface area contributed by atoms with E-state index in [1.807, 2.05) is 0 Å². The molecule has 0 aromatic carbocycles. The Labute approximate surface area is 272 Å². The Morgan fingerprint density at radius 2 is 1.34 bits per heavy atom. The number of ether oxygens (including phenoxy) is 4. The number of aliphatic hydroxyl groups excluding tert-OH is 7. The number of aliphatic hydroxyl groups is 9. The Kier molecular flexibility index (Phi) is 18.1. The number of hydrogen-bond acceptors (Lipinski definition) is 16. The van der Waals surface area contributed by atoms with Gasteiger partial charge in [-0.3, -0.25) is 14.4 Å². The molecule has 0 radical (unpaired) electrons. The van der Waals surface area contributed by atoms with Crippen molar-refractivity contribution in [3.63, 3.8) is 0 Å². The molecule has 18 nitrogen and oxygen atoms in total. The average Bonchev–Trinajstić information content (AvgIpc) is 3.03. The standard InChI is InChI=1S/C29H52N2O16/c1-16(34)17(31-21(36)10-4-7-13-45-28-25(40)26(41)29(42,43)19(15-33)47-28)8-2-5-11-30-20(35)9-3-6-12-44-27-24(39)23(38)22(37)18(14-32)46-27/h17-19,22-28,32-33,37-43H,2-15H2,1H3,(H,30,35)(H,31,36). The maximum Gasteiger partial charge on any atom is 0.221 e. The summed E-state index contributed by atoms with van der Waals surface area (Å²) in [6.45, 7) is 0.490. The molecule has 2 heterocycles. The molecule has 11 N–H and O–H groups in total. The van der Waals surface area contributed by atoms with Crippen LogP contribution in [0.15, 0.2) is 0 Å². The average molecular weight is 685 g/mol. The maximum atomic E-state index is 12.4. The van der Waals surface area contributed by atoms with Crippen molar-refractivity contribution in [3.05, 3.63) is 0 Å². The van der Waals surface area contributed by atoms with Crippen molar-refractivity contribution < 1.29 is 79.3 Å². The summed E-state index contributed by atoms with van der Waals surface area (Å²) in [5.74, 6) is -3.58. The van der Waals surface area contributed by atoms with E-state index in [0.29, 0.717) is 51.5 Å². The minimum atomic E-state index is -2.85. The zero-order chi connectivity index (χ0) is 35.1. The molecule has 47 heavy (non-hydrogen) atoms. The van der Waals surface area contributed by atoms with Gasteiger partial charge in [0.25, 0.3) is 0 Å². The number of unbranched alkanes of at least 4 members (excludes halogenated alkanes) is 3. The molecule has 0 bridgehead atoms. The van der Waals surface area contributed by atoms with Gasteiger partial charge in [-0.15, -0.1) is 0 Å². The molecule has 18 heteroatoms. The quantitative estimate of drug-likeness (QED) is 0.0402. The summed E-state index contributed by atoms with van der Waals surface area (Å²) in [5.41, 5.74) is 0. The lowest BCUT2D eigenvalue weighted by Crippen LogP contribution is -2.67. The normalized spacial score (nSPS) is 31.2. The summed E-state index contributed by atoms with van der Waals surface area (Å²) >= 11 is 0. The van der Waals surface area contributed by atoms with E-state index in [1.165, 1.54) is 6.92 Å². The van der Waals surface area contributed by atoms with Crippen LogP contribution in [0, 0.1) is 0 Å². The Morgan fingerprint density at radius 3 is 1.91 bits per heavy atom. The molecule has 10 atom stereocenters. The summed E-state index contributed by atoms with van der Waals surface area (Å²) in [5, 5.41) is 92.8. The van der Waals surface area contributed by atoms with Crippen LogP contribution < -0.4 is 10.6 Å². The summed E-state index contributed by atoms with van der Waals surface area (Å²) in [4.78, 5) is 36.5. The highest BCUT2D eigenvalue weighted by atomic mass is 16.7. The molecular formula is C29H52N2O16. The van der Waals surface area contributed by atoms with Crippen molar-refractivity contribution in [2.45, 2.75) is 132 Å². The van der Waals surface area contributed by atoms with Gasteiger partial charge in [0.05, 0.1) is 19.3 Å². The van der Waals surface area contributed by atoms with Crippen molar-refractivity contribution in [2.24, 2.45) is 0 Å². The first kappa shape index (κ1) is 41.3. The lowest BCUT2D eigenvalue weighted by molar-refractivity contribution is -0.386. The van der Waals surface area contributed by atoms with Crippen molar-refractivity contribution >= 4 is 17.6 Å².